The molecule has 0 amide bonds. The summed E-state index contributed by atoms with van der Waals surface area (Å²) < 4.78 is 17.0. The predicted octanol–water partition coefficient (Wildman–Crippen LogP) is 2.14. The Morgan fingerprint density at radius 3 is 1.72 bits per heavy atom. The van der Waals surface area contributed by atoms with Gasteiger partial charge in [-0.15, -0.1) is 0 Å². The van der Waals surface area contributed by atoms with Crippen molar-refractivity contribution < 1.29 is 45.1 Å². The molecule has 0 saturated heterocycles. The van der Waals surface area contributed by atoms with Gasteiger partial charge in [0.1, 0.15) is 0 Å². The second kappa shape index (κ2) is 8.35. The van der Waals surface area contributed by atoms with E-state index in [1.165, 1.54) is 0 Å². The summed E-state index contributed by atoms with van der Waals surface area (Å²) in [6.45, 7) is 7.08. The van der Waals surface area contributed by atoms with Crippen LogP contribution in [-0.2, 0) is 34.9 Å². The average Bonchev–Trinajstić information content (AvgIpc) is 2.17. The first-order valence-corrected chi connectivity index (χ1v) is 7.03. The third-order valence-electron chi connectivity index (χ3n) is 3.42. The third kappa shape index (κ3) is 6.84. The van der Waals surface area contributed by atoms with Crippen LogP contribution in [0.1, 0.15) is 47.0 Å². The molecular formula is C11H20MoO6. The summed E-state index contributed by atoms with van der Waals surface area (Å²) in [7, 11) is 0. The molecular weight excluding hydrogens is 324 g/mol. The van der Waals surface area contributed by atoms with Crippen LogP contribution in [0.4, 0.5) is 0 Å². The molecule has 106 valence electrons. The molecule has 0 aliphatic heterocycles. The summed E-state index contributed by atoms with van der Waals surface area (Å²) in [5, 5.41) is 17.6. The van der Waals surface area contributed by atoms with E-state index in [2.05, 4.69) is 0 Å². The summed E-state index contributed by atoms with van der Waals surface area (Å²) in [4.78, 5) is 21.4. The van der Waals surface area contributed by atoms with Crippen LogP contribution >= 0.6 is 0 Å². The first-order valence-electron chi connectivity index (χ1n) is 5.40. The molecule has 0 aromatic carbocycles. The van der Waals surface area contributed by atoms with Gasteiger partial charge in [0.2, 0.25) is 0 Å². The van der Waals surface area contributed by atoms with Crippen molar-refractivity contribution in [3.8, 4) is 0 Å². The van der Waals surface area contributed by atoms with Gasteiger partial charge in [0.05, 0.1) is 5.41 Å². The van der Waals surface area contributed by atoms with Crippen LogP contribution in [0.15, 0.2) is 0 Å². The first-order chi connectivity index (χ1) is 8.02. The zero-order valence-corrected chi connectivity index (χ0v) is 13.1. The molecule has 0 atom stereocenters. The maximum absolute atomic E-state index is 11.0. The Hall–Kier alpha value is -0.772. The van der Waals surface area contributed by atoms with Gasteiger partial charge < -0.3 is 10.2 Å². The van der Waals surface area contributed by atoms with Crippen molar-refractivity contribution in [2.45, 2.75) is 47.0 Å². The number of rotatable bonds is 6. The van der Waals surface area contributed by atoms with Crippen LogP contribution in [0.5, 0.6) is 0 Å². The van der Waals surface area contributed by atoms with Crippen LogP contribution in [0.3, 0.4) is 0 Å². The monoisotopic (exact) mass is 346 g/mol. The molecule has 0 aliphatic rings. The van der Waals surface area contributed by atoms with Gasteiger partial charge in [-0.3, -0.25) is 9.59 Å². The predicted molar refractivity (Wildman–Crippen MR) is 58.1 cm³/mol. The van der Waals surface area contributed by atoms with Crippen molar-refractivity contribution in [2.75, 3.05) is 0 Å². The van der Waals surface area contributed by atoms with Gasteiger partial charge >= 0.3 is 37.2 Å². The minimum atomic E-state index is -2.03. The minimum absolute atomic E-state index is 0.0964. The molecule has 0 unspecified atom stereocenters. The molecule has 2 N–H and O–H groups in total. The number of hydrogen-bond donors (Lipinski definition) is 2. The van der Waals surface area contributed by atoms with E-state index in [-0.39, 0.29) is 6.42 Å². The molecule has 0 aromatic rings. The molecule has 0 spiro atoms. The van der Waals surface area contributed by atoms with Gasteiger partial charge in [0, 0.05) is 6.42 Å². The van der Waals surface area contributed by atoms with Crippen LogP contribution in [0, 0.1) is 10.8 Å². The van der Waals surface area contributed by atoms with Gasteiger partial charge in [-0.25, -0.2) is 0 Å². The molecule has 7 heteroatoms. The van der Waals surface area contributed by atoms with Gasteiger partial charge in [-0.2, -0.15) is 0 Å². The fraction of sp³-hybridized carbons (Fsp3) is 0.818. The fourth-order valence-corrected chi connectivity index (χ4v) is 1.28. The zero-order chi connectivity index (χ0) is 15.0. The van der Waals surface area contributed by atoms with Gasteiger partial charge in [0.15, 0.2) is 0 Å². The topological polar surface area (TPSA) is 109 Å². The normalized spacial score (nSPS) is 11.1. The van der Waals surface area contributed by atoms with Crippen molar-refractivity contribution in [1.82, 2.24) is 0 Å². The molecule has 0 heterocycles. The van der Waals surface area contributed by atoms with Crippen molar-refractivity contribution >= 4 is 11.9 Å². The first kappa shape index (κ1) is 19.6. The maximum atomic E-state index is 11.0. The number of carbonyl (C=O) groups is 2. The molecule has 0 aliphatic carbocycles. The Kier molecular flexibility index (Phi) is 9.08. The zero-order valence-electron chi connectivity index (χ0n) is 11.1. The second-order valence-corrected chi connectivity index (χ2v) is 5.46. The average molecular weight is 344 g/mol. The Morgan fingerprint density at radius 1 is 1.06 bits per heavy atom. The summed E-state index contributed by atoms with van der Waals surface area (Å²) in [6, 6.07) is 0. The SMILES string of the molecule is CC(C)(CCCC(=O)O)C(C)(C)C(=O)O.[O]=[Mo]=[O]. The van der Waals surface area contributed by atoms with Crippen molar-refractivity contribution in [2.24, 2.45) is 10.8 Å². The molecule has 6 nitrogen and oxygen atoms in total. The van der Waals surface area contributed by atoms with E-state index >= 15 is 0 Å². The van der Waals surface area contributed by atoms with E-state index in [0.29, 0.717) is 12.8 Å². The van der Waals surface area contributed by atoms with E-state index in [0.717, 1.165) is 0 Å². The Balaban J connectivity index is 0. The van der Waals surface area contributed by atoms with Gasteiger partial charge in [-0.1, -0.05) is 13.8 Å². The van der Waals surface area contributed by atoms with Gasteiger partial charge in [-0.05, 0) is 32.1 Å². The Bertz CT molecular complexity index is 328. The van der Waals surface area contributed by atoms with E-state index in [1.807, 2.05) is 13.8 Å². The van der Waals surface area contributed by atoms with Crippen molar-refractivity contribution in [3.05, 3.63) is 0 Å². The fourth-order valence-electron chi connectivity index (χ4n) is 1.28. The third-order valence-corrected chi connectivity index (χ3v) is 3.42. The van der Waals surface area contributed by atoms with Crippen molar-refractivity contribution in [3.63, 3.8) is 0 Å². The number of carboxylic acids is 2. The number of carboxylic acid groups (broad SMARTS) is 2. The van der Waals surface area contributed by atoms with E-state index < -0.39 is 41.3 Å². The van der Waals surface area contributed by atoms with Crippen molar-refractivity contribution in [1.29, 1.82) is 0 Å². The van der Waals surface area contributed by atoms with E-state index in [1.54, 1.807) is 13.8 Å². The van der Waals surface area contributed by atoms with Crippen LogP contribution in [-0.4, -0.2) is 22.2 Å². The quantitative estimate of drug-likeness (QED) is 0.715. The number of hydrogen-bond acceptors (Lipinski definition) is 4. The molecule has 0 fully saturated rings. The van der Waals surface area contributed by atoms with Crippen LogP contribution in [0.2, 0.25) is 0 Å². The molecule has 18 heavy (non-hydrogen) atoms. The molecule has 0 saturated carbocycles. The summed E-state index contributed by atoms with van der Waals surface area (Å²) >= 11 is -2.03. The summed E-state index contributed by atoms with van der Waals surface area (Å²) in [6.07, 6.45) is 1.21. The Labute approximate surface area is 115 Å². The van der Waals surface area contributed by atoms with Crippen LogP contribution < -0.4 is 0 Å². The standard InChI is InChI=1S/C11H20O4.Mo.2O/c1-10(2,7-5-6-8(12)13)11(3,4)9(14)15;;;/h5-7H2,1-4H3,(H,12,13)(H,14,15);;;. The molecule has 0 rings (SSSR count). The summed E-state index contributed by atoms with van der Waals surface area (Å²) in [5.74, 6) is -1.68. The second-order valence-electron chi connectivity index (χ2n) is 5.13. The molecule has 0 aromatic heterocycles. The van der Waals surface area contributed by atoms with Gasteiger partial charge in [0.25, 0.3) is 0 Å². The Morgan fingerprint density at radius 2 is 1.44 bits per heavy atom. The van der Waals surface area contributed by atoms with Crippen LogP contribution in [0.25, 0.3) is 0 Å². The molecule has 0 radical (unpaired) electrons. The number of aliphatic carboxylic acids is 2. The van der Waals surface area contributed by atoms with E-state index in [4.69, 9.17) is 17.0 Å². The van der Waals surface area contributed by atoms with E-state index in [9.17, 15) is 9.59 Å². The molecule has 0 bridgehead atoms. The summed E-state index contributed by atoms with van der Waals surface area (Å²) in [5.41, 5.74) is -1.25.